The Morgan fingerprint density at radius 1 is 1.38 bits per heavy atom. The zero-order valence-electron chi connectivity index (χ0n) is 8.58. The summed E-state index contributed by atoms with van der Waals surface area (Å²) < 4.78 is 26.4. The SMILES string of the molecule is CNC(c1nccs1)c1ccc(F)cc1F. The fraction of sp³-hybridized carbons (Fsp3) is 0.182. The van der Waals surface area contributed by atoms with E-state index in [0.29, 0.717) is 5.56 Å². The Labute approximate surface area is 96.0 Å². The number of aromatic nitrogens is 1. The fourth-order valence-corrected chi connectivity index (χ4v) is 2.29. The molecule has 2 aromatic rings. The van der Waals surface area contributed by atoms with Gasteiger partial charge in [-0.1, -0.05) is 6.07 Å². The van der Waals surface area contributed by atoms with Crippen LogP contribution < -0.4 is 5.32 Å². The molecule has 1 aromatic carbocycles. The summed E-state index contributed by atoms with van der Waals surface area (Å²) in [6.07, 6.45) is 1.66. The summed E-state index contributed by atoms with van der Waals surface area (Å²) in [5.41, 5.74) is 0.402. The van der Waals surface area contributed by atoms with Crippen molar-refractivity contribution in [3.05, 3.63) is 52.0 Å². The molecule has 0 radical (unpaired) electrons. The minimum absolute atomic E-state index is 0.333. The summed E-state index contributed by atoms with van der Waals surface area (Å²) in [7, 11) is 1.72. The highest BCUT2D eigenvalue weighted by Crippen LogP contribution is 2.25. The number of hydrogen-bond acceptors (Lipinski definition) is 3. The lowest BCUT2D eigenvalue weighted by atomic mass is 10.1. The molecule has 1 atom stereocenters. The second-order valence-electron chi connectivity index (χ2n) is 3.26. The predicted octanol–water partition coefficient (Wildman–Crippen LogP) is 2.73. The van der Waals surface area contributed by atoms with Crippen LogP contribution in [-0.4, -0.2) is 12.0 Å². The molecule has 0 spiro atoms. The molecule has 0 aliphatic carbocycles. The van der Waals surface area contributed by atoms with Gasteiger partial charge in [-0.3, -0.25) is 0 Å². The van der Waals surface area contributed by atoms with E-state index in [1.807, 2.05) is 5.38 Å². The molecule has 16 heavy (non-hydrogen) atoms. The maximum Gasteiger partial charge on any atom is 0.131 e. The van der Waals surface area contributed by atoms with Crippen molar-refractivity contribution >= 4 is 11.3 Å². The number of nitrogens with one attached hydrogen (secondary N) is 1. The van der Waals surface area contributed by atoms with Crippen LogP contribution in [0.3, 0.4) is 0 Å². The zero-order chi connectivity index (χ0) is 11.5. The third kappa shape index (κ3) is 2.10. The summed E-state index contributed by atoms with van der Waals surface area (Å²) in [4.78, 5) is 4.12. The van der Waals surface area contributed by atoms with Crippen LogP contribution in [0.4, 0.5) is 8.78 Å². The summed E-state index contributed by atoms with van der Waals surface area (Å²) in [5, 5.41) is 5.54. The van der Waals surface area contributed by atoms with Crippen molar-refractivity contribution in [2.75, 3.05) is 7.05 Å². The van der Waals surface area contributed by atoms with Crippen molar-refractivity contribution in [1.82, 2.24) is 10.3 Å². The molecule has 5 heteroatoms. The van der Waals surface area contributed by atoms with E-state index in [2.05, 4.69) is 10.3 Å². The topological polar surface area (TPSA) is 24.9 Å². The van der Waals surface area contributed by atoms with Crippen LogP contribution in [0, 0.1) is 11.6 Å². The van der Waals surface area contributed by atoms with Crippen molar-refractivity contribution in [2.24, 2.45) is 0 Å². The Hall–Kier alpha value is -1.33. The van der Waals surface area contributed by atoms with Crippen molar-refractivity contribution in [3.63, 3.8) is 0 Å². The van der Waals surface area contributed by atoms with Gasteiger partial charge in [0.15, 0.2) is 0 Å². The number of benzene rings is 1. The quantitative estimate of drug-likeness (QED) is 0.892. The molecule has 0 saturated carbocycles. The van der Waals surface area contributed by atoms with Gasteiger partial charge in [-0.25, -0.2) is 13.8 Å². The highest BCUT2D eigenvalue weighted by Gasteiger charge is 2.18. The highest BCUT2D eigenvalue weighted by atomic mass is 32.1. The van der Waals surface area contributed by atoms with Gasteiger partial charge >= 0.3 is 0 Å². The molecule has 2 rings (SSSR count). The zero-order valence-corrected chi connectivity index (χ0v) is 9.39. The Bertz CT molecular complexity index is 471. The van der Waals surface area contributed by atoms with Crippen LogP contribution in [0.15, 0.2) is 29.8 Å². The van der Waals surface area contributed by atoms with E-state index >= 15 is 0 Å². The fourth-order valence-electron chi connectivity index (χ4n) is 1.52. The maximum absolute atomic E-state index is 13.6. The van der Waals surface area contributed by atoms with Gasteiger partial charge in [-0.2, -0.15) is 0 Å². The number of rotatable bonds is 3. The number of nitrogens with zero attached hydrogens (tertiary/aromatic N) is 1. The molecule has 0 aliphatic heterocycles. The molecular formula is C11H10F2N2S. The minimum atomic E-state index is -0.574. The van der Waals surface area contributed by atoms with Crippen LogP contribution in [0.1, 0.15) is 16.6 Å². The molecule has 84 valence electrons. The first-order valence-electron chi connectivity index (χ1n) is 4.74. The molecule has 1 aromatic heterocycles. The van der Waals surface area contributed by atoms with Crippen LogP contribution in [0.2, 0.25) is 0 Å². The molecule has 0 aliphatic rings. The molecule has 1 unspecified atom stereocenters. The third-order valence-electron chi connectivity index (χ3n) is 2.26. The van der Waals surface area contributed by atoms with E-state index in [0.717, 1.165) is 11.1 Å². The summed E-state index contributed by atoms with van der Waals surface area (Å²) in [6, 6.07) is 3.23. The van der Waals surface area contributed by atoms with Gasteiger partial charge in [-0.05, 0) is 13.1 Å². The standard InChI is InChI=1S/C11H10F2N2S/c1-14-10(11-15-4-5-16-11)8-3-2-7(12)6-9(8)13/h2-6,10,14H,1H3. The summed E-state index contributed by atoms with van der Waals surface area (Å²) in [6.45, 7) is 0. The maximum atomic E-state index is 13.6. The van der Waals surface area contributed by atoms with Gasteiger partial charge in [0.1, 0.15) is 16.6 Å². The van der Waals surface area contributed by atoms with Gasteiger partial charge in [-0.15, -0.1) is 11.3 Å². The average molecular weight is 240 g/mol. The Balaban J connectivity index is 2.41. The number of thiazole rings is 1. The van der Waals surface area contributed by atoms with Gasteiger partial charge in [0.05, 0.1) is 6.04 Å². The summed E-state index contributed by atoms with van der Waals surface area (Å²) in [5.74, 6) is -1.13. The van der Waals surface area contributed by atoms with E-state index in [1.165, 1.54) is 23.5 Å². The average Bonchev–Trinajstić information content (AvgIpc) is 2.75. The molecule has 0 amide bonds. The van der Waals surface area contributed by atoms with Crippen molar-refractivity contribution in [3.8, 4) is 0 Å². The molecular weight excluding hydrogens is 230 g/mol. The van der Waals surface area contributed by atoms with Crippen LogP contribution in [0.5, 0.6) is 0 Å². The second kappa shape index (κ2) is 4.67. The van der Waals surface area contributed by atoms with E-state index in [9.17, 15) is 8.78 Å². The minimum Gasteiger partial charge on any atom is -0.307 e. The Morgan fingerprint density at radius 2 is 2.19 bits per heavy atom. The number of hydrogen-bond donors (Lipinski definition) is 1. The van der Waals surface area contributed by atoms with Gasteiger partial charge in [0.25, 0.3) is 0 Å². The summed E-state index contributed by atoms with van der Waals surface area (Å²) >= 11 is 1.43. The lowest BCUT2D eigenvalue weighted by molar-refractivity contribution is 0.551. The van der Waals surface area contributed by atoms with E-state index < -0.39 is 11.6 Å². The molecule has 1 N–H and O–H groups in total. The lowest BCUT2D eigenvalue weighted by Gasteiger charge is -2.14. The largest absolute Gasteiger partial charge is 0.307 e. The molecule has 0 saturated heterocycles. The molecule has 0 bridgehead atoms. The Kier molecular flexibility index (Phi) is 3.26. The third-order valence-corrected chi connectivity index (χ3v) is 3.10. The van der Waals surface area contributed by atoms with Gasteiger partial charge in [0, 0.05) is 23.2 Å². The predicted molar refractivity (Wildman–Crippen MR) is 59.4 cm³/mol. The monoisotopic (exact) mass is 240 g/mol. The van der Waals surface area contributed by atoms with Gasteiger partial charge in [0.2, 0.25) is 0 Å². The smallest absolute Gasteiger partial charge is 0.131 e. The second-order valence-corrected chi connectivity index (χ2v) is 4.18. The van der Waals surface area contributed by atoms with E-state index in [1.54, 1.807) is 13.2 Å². The molecule has 2 nitrogen and oxygen atoms in total. The van der Waals surface area contributed by atoms with Crippen molar-refractivity contribution in [1.29, 1.82) is 0 Å². The van der Waals surface area contributed by atoms with Crippen LogP contribution in [-0.2, 0) is 0 Å². The first-order valence-corrected chi connectivity index (χ1v) is 5.62. The Morgan fingerprint density at radius 3 is 2.75 bits per heavy atom. The van der Waals surface area contributed by atoms with Crippen LogP contribution >= 0.6 is 11.3 Å². The highest BCUT2D eigenvalue weighted by molar-refractivity contribution is 7.09. The van der Waals surface area contributed by atoms with Crippen molar-refractivity contribution in [2.45, 2.75) is 6.04 Å². The van der Waals surface area contributed by atoms with Crippen LogP contribution in [0.25, 0.3) is 0 Å². The first-order chi connectivity index (χ1) is 7.72. The first kappa shape index (κ1) is 11.2. The van der Waals surface area contributed by atoms with E-state index in [4.69, 9.17) is 0 Å². The van der Waals surface area contributed by atoms with E-state index in [-0.39, 0.29) is 6.04 Å². The molecule has 1 heterocycles. The number of halogens is 2. The normalized spacial score (nSPS) is 12.7. The lowest BCUT2D eigenvalue weighted by Crippen LogP contribution is -2.18. The molecule has 0 fully saturated rings. The van der Waals surface area contributed by atoms with Crippen molar-refractivity contribution < 1.29 is 8.78 Å². The van der Waals surface area contributed by atoms with Gasteiger partial charge < -0.3 is 5.32 Å².